The van der Waals surface area contributed by atoms with Crippen LogP contribution >= 0.6 is 33.9 Å². The Morgan fingerprint density at radius 3 is 2.79 bits per heavy atom. The third kappa shape index (κ3) is 2.45. The van der Waals surface area contributed by atoms with E-state index in [1.165, 1.54) is 0 Å². The monoisotopic (exact) mass is 382 g/mol. The molecule has 0 unspecified atom stereocenters. The number of nitrogens with two attached hydrogens (primary N) is 1. The zero-order valence-electron chi connectivity index (χ0n) is 9.93. The maximum Gasteiger partial charge on any atom is 0.124 e. The van der Waals surface area contributed by atoms with Crippen molar-refractivity contribution >= 4 is 49.8 Å². The lowest BCUT2D eigenvalue weighted by molar-refractivity contribution is 0.282. The molecule has 0 radical (unpaired) electrons. The Balaban J connectivity index is 2.11. The predicted octanol–water partition coefficient (Wildman–Crippen LogP) is 3.64. The highest BCUT2D eigenvalue weighted by molar-refractivity contribution is 14.1. The van der Waals surface area contributed by atoms with Crippen LogP contribution < -0.4 is 5.73 Å². The van der Waals surface area contributed by atoms with Crippen LogP contribution in [0.15, 0.2) is 36.4 Å². The first kappa shape index (κ1) is 12.8. The summed E-state index contributed by atoms with van der Waals surface area (Å²) < 4.78 is 2.12. The fraction of sp³-hybridized carbons (Fsp3) is 0.0714. The number of halogens is 1. The summed E-state index contributed by atoms with van der Waals surface area (Å²) in [4.78, 5) is 4.62. The summed E-state index contributed by atoms with van der Waals surface area (Å²) in [5, 5.41) is 10.1. The Labute approximate surface area is 128 Å². The first-order valence-corrected chi connectivity index (χ1v) is 7.62. The topological polar surface area (TPSA) is 59.1 Å². The largest absolute Gasteiger partial charge is 0.398 e. The summed E-state index contributed by atoms with van der Waals surface area (Å²) in [6.07, 6.45) is 0. The Bertz CT molecular complexity index is 754. The maximum atomic E-state index is 9.16. The molecule has 0 aliphatic heterocycles. The molecule has 0 saturated carbocycles. The van der Waals surface area contributed by atoms with Crippen LogP contribution in [0.2, 0.25) is 0 Å². The first-order chi connectivity index (χ1) is 9.17. The minimum absolute atomic E-state index is 0.0585. The molecule has 3 aromatic rings. The summed E-state index contributed by atoms with van der Waals surface area (Å²) in [7, 11) is 0. The van der Waals surface area contributed by atoms with Crippen molar-refractivity contribution in [2.24, 2.45) is 0 Å². The van der Waals surface area contributed by atoms with Crippen molar-refractivity contribution in [2.45, 2.75) is 6.61 Å². The number of fused-ring (bicyclic) bond motifs is 1. The quantitative estimate of drug-likeness (QED) is 0.526. The molecule has 0 aliphatic rings. The highest BCUT2D eigenvalue weighted by Crippen LogP contribution is 2.32. The predicted molar refractivity (Wildman–Crippen MR) is 88.1 cm³/mol. The lowest BCUT2D eigenvalue weighted by Crippen LogP contribution is -1.88. The number of aliphatic hydroxyl groups is 1. The van der Waals surface area contributed by atoms with Crippen LogP contribution in [0, 0.1) is 3.57 Å². The molecule has 19 heavy (non-hydrogen) atoms. The summed E-state index contributed by atoms with van der Waals surface area (Å²) in [5.74, 6) is 0. The van der Waals surface area contributed by atoms with E-state index in [1.54, 1.807) is 11.3 Å². The van der Waals surface area contributed by atoms with Crippen LogP contribution in [0.5, 0.6) is 0 Å². The third-order valence-electron chi connectivity index (χ3n) is 2.88. The maximum absolute atomic E-state index is 9.16. The minimum atomic E-state index is 0.0585. The van der Waals surface area contributed by atoms with Crippen LogP contribution in [0.3, 0.4) is 0 Å². The minimum Gasteiger partial charge on any atom is -0.398 e. The molecular weight excluding hydrogens is 371 g/mol. The number of anilines is 1. The smallest absolute Gasteiger partial charge is 0.124 e. The molecule has 5 heteroatoms. The number of hydrogen-bond acceptors (Lipinski definition) is 4. The van der Waals surface area contributed by atoms with E-state index in [4.69, 9.17) is 10.8 Å². The summed E-state index contributed by atoms with van der Waals surface area (Å²) >= 11 is 3.85. The van der Waals surface area contributed by atoms with E-state index in [9.17, 15) is 0 Å². The van der Waals surface area contributed by atoms with Gasteiger partial charge in [-0.25, -0.2) is 4.98 Å². The number of benzene rings is 2. The molecular formula is C14H11IN2OS. The van der Waals surface area contributed by atoms with Gasteiger partial charge in [0.25, 0.3) is 0 Å². The molecule has 3 nitrogen and oxygen atoms in total. The van der Waals surface area contributed by atoms with Gasteiger partial charge in [-0.3, -0.25) is 0 Å². The standard InChI is InChI=1S/C14H11IN2OS/c15-10-6-9(2-3-11(10)16)14-17-12-4-1-8(7-18)5-13(12)19-14/h1-6,18H,7,16H2. The molecule has 0 atom stereocenters. The normalized spacial score (nSPS) is 11.1. The van der Waals surface area contributed by atoms with Gasteiger partial charge in [0.15, 0.2) is 0 Å². The van der Waals surface area contributed by atoms with Crippen molar-refractivity contribution < 1.29 is 5.11 Å². The van der Waals surface area contributed by atoms with Gasteiger partial charge in [0.2, 0.25) is 0 Å². The lowest BCUT2D eigenvalue weighted by Gasteiger charge is -2.00. The number of nitrogen functional groups attached to an aromatic ring is 1. The highest BCUT2D eigenvalue weighted by atomic mass is 127. The number of aromatic nitrogens is 1. The lowest BCUT2D eigenvalue weighted by atomic mass is 10.2. The Morgan fingerprint density at radius 2 is 2.05 bits per heavy atom. The SMILES string of the molecule is Nc1ccc(-c2nc3ccc(CO)cc3s2)cc1I. The van der Waals surface area contributed by atoms with Crippen LogP contribution in [0.1, 0.15) is 5.56 Å². The van der Waals surface area contributed by atoms with Crippen LogP contribution in [0.25, 0.3) is 20.8 Å². The fourth-order valence-corrected chi connectivity index (χ4v) is 3.39. The van der Waals surface area contributed by atoms with Crippen molar-refractivity contribution in [2.75, 3.05) is 5.73 Å². The third-order valence-corrected chi connectivity index (χ3v) is 4.88. The van der Waals surface area contributed by atoms with Crippen molar-refractivity contribution in [3.05, 3.63) is 45.5 Å². The van der Waals surface area contributed by atoms with Gasteiger partial charge in [-0.2, -0.15) is 0 Å². The second-order valence-electron chi connectivity index (χ2n) is 4.22. The number of thiazole rings is 1. The zero-order valence-corrected chi connectivity index (χ0v) is 12.9. The zero-order chi connectivity index (χ0) is 13.4. The molecule has 1 aromatic heterocycles. The van der Waals surface area contributed by atoms with Crippen molar-refractivity contribution in [3.8, 4) is 10.6 Å². The molecule has 0 amide bonds. The van der Waals surface area contributed by atoms with Gasteiger partial charge in [0, 0.05) is 14.8 Å². The molecule has 0 bridgehead atoms. The van der Waals surface area contributed by atoms with E-state index in [0.717, 1.165) is 35.6 Å². The average Bonchev–Trinajstić information content (AvgIpc) is 2.84. The van der Waals surface area contributed by atoms with E-state index in [2.05, 4.69) is 27.6 Å². The second kappa shape index (κ2) is 5.07. The van der Waals surface area contributed by atoms with Gasteiger partial charge in [-0.1, -0.05) is 6.07 Å². The van der Waals surface area contributed by atoms with Gasteiger partial charge in [0.05, 0.1) is 16.8 Å². The Kier molecular flexibility index (Phi) is 3.42. The first-order valence-electron chi connectivity index (χ1n) is 5.73. The summed E-state index contributed by atoms with van der Waals surface area (Å²) in [5.41, 5.74) is 9.56. The van der Waals surface area contributed by atoms with Gasteiger partial charge in [0.1, 0.15) is 5.01 Å². The highest BCUT2D eigenvalue weighted by Gasteiger charge is 2.08. The Morgan fingerprint density at radius 1 is 1.21 bits per heavy atom. The van der Waals surface area contributed by atoms with Crippen molar-refractivity contribution in [1.29, 1.82) is 0 Å². The molecule has 3 rings (SSSR count). The van der Waals surface area contributed by atoms with E-state index < -0.39 is 0 Å². The molecule has 96 valence electrons. The van der Waals surface area contributed by atoms with E-state index >= 15 is 0 Å². The molecule has 2 aromatic carbocycles. The number of rotatable bonds is 2. The second-order valence-corrected chi connectivity index (χ2v) is 6.41. The molecule has 0 spiro atoms. The van der Waals surface area contributed by atoms with Crippen molar-refractivity contribution in [3.63, 3.8) is 0 Å². The van der Waals surface area contributed by atoms with E-state index in [-0.39, 0.29) is 6.61 Å². The van der Waals surface area contributed by atoms with Gasteiger partial charge in [-0.05, 0) is 58.5 Å². The van der Waals surface area contributed by atoms with E-state index in [0.29, 0.717) is 0 Å². The van der Waals surface area contributed by atoms with Crippen LogP contribution in [-0.2, 0) is 6.61 Å². The molecule has 1 heterocycles. The molecule has 3 N–H and O–H groups in total. The fourth-order valence-electron chi connectivity index (χ4n) is 1.85. The van der Waals surface area contributed by atoms with Gasteiger partial charge < -0.3 is 10.8 Å². The van der Waals surface area contributed by atoms with Gasteiger partial charge in [-0.15, -0.1) is 11.3 Å². The molecule has 0 aliphatic carbocycles. The van der Waals surface area contributed by atoms with Crippen LogP contribution in [-0.4, -0.2) is 10.1 Å². The van der Waals surface area contributed by atoms with E-state index in [1.807, 2.05) is 36.4 Å². The average molecular weight is 382 g/mol. The summed E-state index contributed by atoms with van der Waals surface area (Å²) in [6, 6.07) is 11.8. The molecule has 0 fully saturated rings. The Hall–Kier alpha value is -1.18. The number of aliphatic hydroxyl groups excluding tert-OH is 1. The number of nitrogens with zero attached hydrogens (tertiary/aromatic N) is 1. The van der Waals surface area contributed by atoms with Crippen molar-refractivity contribution in [1.82, 2.24) is 4.98 Å². The summed E-state index contributed by atoms with van der Waals surface area (Å²) in [6.45, 7) is 0.0585. The van der Waals surface area contributed by atoms with Crippen LogP contribution in [0.4, 0.5) is 5.69 Å². The number of hydrogen-bond donors (Lipinski definition) is 2. The van der Waals surface area contributed by atoms with Gasteiger partial charge >= 0.3 is 0 Å². The molecule has 0 saturated heterocycles.